The van der Waals surface area contributed by atoms with E-state index in [-0.39, 0.29) is 18.3 Å². The van der Waals surface area contributed by atoms with Crippen molar-refractivity contribution in [2.75, 3.05) is 25.1 Å². The van der Waals surface area contributed by atoms with Gasteiger partial charge in [0.05, 0.1) is 19.8 Å². The molecule has 6 heteroatoms. The van der Waals surface area contributed by atoms with Crippen LogP contribution in [-0.2, 0) is 11.3 Å². The Balaban J connectivity index is 1.40. The van der Waals surface area contributed by atoms with Crippen LogP contribution in [0.3, 0.4) is 0 Å². The first-order valence-electron chi connectivity index (χ1n) is 9.36. The molecule has 1 fully saturated rings. The summed E-state index contributed by atoms with van der Waals surface area (Å²) >= 11 is 0. The quantitative estimate of drug-likeness (QED) is 0.844. The number of amides is 1. The Morgan fingerprint density at radius 3 is 2.67 bits per heavy atom. The Morgan fingerprint density at radius 1 is 1.11 bits per heavy atom. The van der Waals surface area contributed by atoms with Crippen LogP contribution in [0.2, 0.25) is 0 Å². The summed E-state index contributed by atoms with van der Waals surface area (Å²) in [5, 5.41) is 2.92. The molecule has 0 unspecified atom stereocenters. The van der Waals surface area contributed by atoms with Crippen LogP contribution in [0.25, 0.3) is 0 Å². The van der Waals surface area contributed by atoms with Crippen molar-refractivity contribution in [3.63, 3.8) is 0 Å². The van der Waals surface area contributed by atoms with Gasteiger partial charge in [0.15, 0.2) is 11.5 Å². The number of rotatable bonds is 6. The molecule has 1 aliphatic carbocycles. The average molecular weight is 370 g/mol. The summed E-state index contributed by atoms with van der Waals surface area (Å²) < 4.78 is 25.2. The molecule has 4 rings (SSSR count). The highest BCUT2D eigenvalue weighted by atomic mass is 19.1. The van der Waals surface area contributed by atoms with E-state index in [1.54, 1.807) is 18.2 Å². The number of benzene rings is 2. The number of nitrogens with zero attached hydrogens (tertiary/aromatic N) is 1. The van der Waals surface area contributed by atoms with E-state index in [4.69, 9.17) is 9.47 Å². The summed E-state index contributed by atoms with van der Waals surface area (Å²) in [6.07, 6.45) is 2.93. The molecule has 2 aliphatic rings. The number of carbonyl (C=O) groups excluding carboxylic acids is 1. The van der Waals surface area contributed by atoms with Crippen molar-refractivity contribution in [1.82, 2.24) is 4.90 Å². The van der Waals surface area contributed by atoms with E-state index < -0.39 is 0 Å². The Morgan fingerprint density at radius 2 is 1.89 bits per heavy atom. The molecule has 2 aromatic carbocycles. The normalized spacial score (nSPS) is 16.1. The van der Waals surface area contributed by atoms with Crippen molar-refractivity contribution in [3.05, 3.63) is 53.8 Å². The summed E-state index contributed by atoms with van der Waals surface area (Å²) in [6.45, 7) is 1.90. The Bertz CT molecular complexity index is 823. The average Bonchev–Trinajstić information content (AvgIpc) is 3.50. The van der Waals surface area contributed by atoms with E-state index in [0.29, 0.717) is 48.6 Å². The van der Waals surface area contributed by atoms with Crippen molar-refractivity contribution in [1.29, 1.82) is 0 Å². The monoisotopic (exact) mass is 370 g/mol. The van der Waals surface area contributed by atoms with E-state index in [1.165, 1.54) is 6.07 Å². The van der Waals surface area contributed by atoms with Gasteiger partial charge in [-0.25, -0.2) is 4.39 Å². The summed E-state index contributed by atoms with van der Waals surface area (Å²) in [5.74, 6) is 1.000. The van der Waals surface area contributed by atoms with Gasteiger partial charge in [-0.2, -0.15) is 0 Å². The van der Waals surface area contributed by atoms with Crippen LogP contribution in [0.15, 0.2) is 42.5 Å². The van der Waals surface area contributed by atoms with Crippen LogP contribution < -0.4 is 14.8 Å². The second-order valence-corrected chi connectivity index (χ2v) is 6.99. The van der Waals surface area contributed by atoms with Gasteiger partial charge >= 0.3 is 0 Å². The summed E-state index contributed by atoms with van der Waals surface area (Å²) in [5.41, 5.74) is 1.29. The molecule has 5 nitrogen and oxygen atoms in total. The first kappa shape index (κ1) is 17.8. The number of anilines is 1. The number of hydrogen-bond donors (Lipinski definition) is 1. The van der Waals surface area contributed by atoms with Crippen LogP contribution >= 0.6 is 0 Å². The summed E-state index contributed by atoms with van der Waals surface area (Å²) in [7, 11) is 0. The van der Waals surface area contributed by atoms with E-state index >= 15 is 0 Å². The largest absolute Gasteiger partial charge is 0.490 e. The van der Waals surface area contributed by atoms with E-state index in [0.717, 1.165) is 19.3 Å². The molecule has 1 saturated carbocycles. The molecule has 0 saturated heterocycles. The lowest BCUT2D eigenvalue weighted by atomic mass is 10.2. The maximum Gasteiger partial charge on any atom is 0.238 e. The Hall–Kier alpha value is -2.60. The van der Waals surface area contributed by atoms with E-state index in [1.807, 2.05) is 23.1 Å². The minimum Gasteiger partial charge on any atom is -0.490 e. The highest BCUT2D eigenvalue weighted by Crippen LogP contribution is 2.32. The fourth-order valence-corrected chi connectivity index (χ4v) is 3.23. The molecule has 0 radical (unpaired) electrons. The topological polar surface area (TPSA) is 50.8 Å². The van der Waals surface area contributed by atoms with Crippen LogP contribution in [-0.4, -0.2) is 36.6 Å². The number of ether oxygens (including phenoxy) is 2. The van der Waals surface area contributed by atoms with E-state index in [2.05, 4.69) is 5.32 Å². The lowest BCUT2D eigenvalue weighted by Gasteiger charge is -2.22. The maximum absolute atomic E-state index is 14.0. The van der Waals surface area contributed by atoms with E-state index in [9.17, 15) is 9.18 Å². The van der Waals surface area contributed by atoms with Gasteiger partial charge < -0.3 is 14.8 Å². The van der Waals surface area contributed by atoms with Crippen molar-refractivity contribution >= 4 is 11.6 Å². The smallest absolute Gasteiger partial charge is 0.238 e. The van der Waals surface area contributed by atoms with Gasteiger partial charge in [-0.1, -0.05) is 18.2 Å². The van der Waals surface area contributed by atoms with Gasteiger partial charge in [0.1, 0.15) is 5.82 Å². The van der Waals surface area contributed by atoms with Gasteiger partial charge in [-0.3, -0.25) is 9.69 Å². The molecule has 1 N–H and O–H groups in total. The Labute approximate surface area is 158 Å². The van der Waals surface area contributed by atoms with Crippen molar-refractivity contribution in [2.24, 2.45) is 0 Å². The third kappa shape index (κ3) is 4.57. The Kier molecular flexibility index (Phi) is 5.25. The zero-order chi connectivity index (χ0) is 18.6. The highest BCUT2D eigenvalue weighted by molar-refractivity contribution is 5.92. The van der Waals surface area contributed by atoms with Gasteiger partial charge in [-0.15, -0.1) is 0 Å². The SMILES string of the molecule is O=C(CN(Cc1ccccc1F)C1CC1)Nc1ccc2c(c1)OCCCO2. The molecule has 1 aliphatic heterocycles. The summed E-state index contributed by atoms with van der Waals surface area (Å²) in [6, 6.07) is 12.5. The maximum atomic E-state index is 14.0. The third-order valence-corrected chi connectivity index (χ3v) is 4.77. The van der Waals surface area contributed by atoms with Gasteiger partial charge in [0.2, 0.25) is 5.91 Å². The lowest BCUT2D eigenvalue weighted by Crippen LogP contribution is -2.34. The molecule has 2 aromatic rings. The van der Waals surface area contributed by atoms with Crippen molar-refractivity contribution in [3.8, 4) is 11.5 Å². The predicted octanol–water partition coefficient (Wildman–Crippen LogP) is 3.59. The minimum atomic E-state index is -0.230. The molecular formula is C21H23FN2O3. The van der Waals surface area contributed by atoms with Crippen LogP contribution in [0.1, 0.15) is 24.8 Å². The van der Waals surface area contributed by atoms with Crippen LogP contribution in [0.4, 0.5) is 10.1 Å². The number of carbonyl (C=O) groups is 1. The number of hydrogen-bond acceptors (Lipinski definition) is 4. The molecule has 0 bridgehead atoms. The third-order valence-electron chi connectivity index (χ3n) is 4.77. The molecular weight excluding hydrogens is 347 g/mol. The molecule has 0 spiro atoms. The first-order valence-corrected chi connectivity index (χ1v) is 9.36. The highest BCUT2D eigenvalue weighted by Gasteiger charge is 2.30. The number of fused-ring (bicyclic) bond motifs is 1. The standard InChI is InChI=1S/C21H23FN2O3/c22-18-5-2-1-4-15(18)13-24(17-7-8-17)14-21(25)23-16-6-9-19-20(12-16)27-11-3-10-26-19/h1-2,4-6,9,12,17H,3,7-8,10-11,13-14H2,(H,23,25). The van der Waals surface area contributed by atoms with Gasteiger partial charge in [0.25, 0.3) is 0 Å². The van der Waals surface area contributed by atoms with Gasteiger partial charge in [0, 0.05) is 36.3 Å². The first-order chi connectivity index (χ1) is 13.2. The fourth-order valence-electron chi connectivity index (χ4n) is 3.23. The van der Waals surface area contributed by atoms with Crippen molar-refractivity contribution < 1.29 is 18.7 Å². The zero-order valence-corrected chi connectivity index (χ0v) is 15.1. The van der Waals surface area contributed by atoms with Gasteiger partial charge in [-0.05, 0) is 31.0 Å². The molecule has 142 valence electrons. The predicted molar refractivity (Wildman–Crippen MR) is 101 cm³/mol. The van der Waals surface area contributed by atoms with Crippen LogP contribution in [0.5, 0.6) is 11.5 Å². The lowest BCUT2D eigenvalue weighted by molar-refractivity contribution is -0.117. The molecule has 1 heterocycles. The van der Waals surface area contributed by atoms with Crippen molar-refractivity contribution in [2.45, 2.75) is 31.8 Å². The number of nitrogens with one attached hydrogen (secondary N) is 1. The number of halogens is 1. The fraction of sp³-hybridized carbons (Fsp3) is 0.381. The summed E-state index contributed by atoms with van der Waals surface area (Å²) in [4.78, 5) is 14.6. The minimum absolute atomic E-state index is 0.118. The second-order valence-electron chi connectivity index (χ2n) is 6.99. The second kappa shape index (κ2) is 7.96. The van der Waals surface area contributed by atoms with Crippen LogP contribution in [0, 0.1) is 5.82 Å². The molecule has 1 amide bonds. The molecule has 0 aromatic heterocycles. The molecule has 27 heavy (non-hydrogen) atoms. The molecule has 0 atom stereocenters. The zero-order valence-electron chi connectivity index (χ0n) is 15.1.